The molecule has 0 aromatic heterocycles. The number of hydrogen-bond donors (Lipinski definition) is 2. The summed E-state index contributed by atoms with van der Waals surface area (Å²) < 4.78 is 24.6. The molecular formula is C7H15NO4S. The van der Waals surface area contributed by atoms with Crippen LogP contribution >= 0.6 is 0 Å². The van der Waals surface area contributed by atoms with Crippen LogP contribution in [0, 0.1) is 5.41 Å². The van der Waals surface area contributed by atoms with E-state index < -0.39 is 27.2 Å². The number of carboxylic acids is 1. The molecule has 0 unspecified atom stereocenters. The van der Waals surface area contributed by atoms with Crippen LogP contribution in [0.5, 0.6) is 0 Å². The molecule has 5 nitrogen and oxygen atoms in total. The second-order valence-electron chi connectivity index (χ2n) is 3.45. The molecule has 2 N–H and O–H groups in total. The van der Waals surface area contributed by atoms with Gasteiger partial charge in [0.1, 0.15) is 0 Å². The molecule has 0 amide bonds. The second-order valence-corrected chi connectivity index (χ2v) is 5.25. The van der Waals surface area contributed by atoms with Gasteiger partial charge in [-0.1, -0.05) is 6.92 Å². The van der Waals surface area contributed by atoms with E-state index in [1.165, 1.54) is 13.8 Å². The zero-order valence-electron chi connectivity index (χ0n) is 7.99. The summed E-state index contributed by atoms with van der Waals surface area (Å²) in [5.74, 6) is -1.52. The zero-order chi connectivity index (χ0) is 10.7. The van der Waals surface area contributed by atoms with Gasteiger partial charge in [-0.25, -0.2) is 13.1 Å². The van der Waals surface area contributed by atoms with E-state index in [9.17, 15) is 13.2 Å². The summed E-state index contributed by atoms with van der Waals surface area (Å²) in [6.45, 7) is 4.68. The molecule has 0 saturated heterocycles. The maximum atomic E-state index is 11.2. The van der Waals surface area contributed by atoms with E-state index in [2.05, 4.69) is 4.72 Å². The van der Waals surface area contributed by atoms with Crippen molar-refractivity contribution in [1.82, 2.24) is 4.72 Å². The first-order valence-corrected chi connectivity index (χ1v) is 5.57. The van der Waals surface area contributed by atoms with Crippen molar-refractivity contribution in [3.05, 3.63) is 0 Å². The van der Waals surface area contributed by atoms with Crippen molar-refractivity contribution in [3.8, 4) is 0 Å². The fourth-order valence-corrected chi connectivity index (χ4v) is 2.42. The molecule has 0 radical (unpaired) electrons. The van der Waals surface area contributed by atoms with Gasteiger partial charge in [-0.3, -0.25) is 4.79 Å². The van der Waals surface area contributed by atoms with Gasteiger partial charge in [-0.15, -0.1) is 0 Å². The van der Waals surface area contributed by atoms with Crippen LogP contribution in [0.4, 0.5) is 0 Å². The molecule has 0 bridgehead atoms. The Kier molecular flexibility index (Phi) is 3.87. The fourth-order valence-electron chi connectivity index (χ4n) is 0.808. The number of rotatable bonds is 5. The van der Waals surface area contributed by atoms with Crippen molar-refractivity contribution in [3.63, 3.8) is 0 Å². The van der Waals surface area contributed by atoms with Crippen molar-refractivity contribution in [1.29, 1.82) is 0 Å². The van der Waals surface area contributed by atoms with Gasteiger partial charge in [0.2, 0.25) is 10.0 Å². The molecule has 0 aromatic carbocycles. The van der Waals surface area contributed by atoms with Crippen molar-refractivity contribution in [2.24, 2.45) is 5.41 Å². The number of carbonyl (C=O) groups is 1. The number of aliphatic carboxylic acids is 1. The Hall–Kier alpha value is -0.620. The van der Waals surface area contributed by atoms with Gasteiger partial charge in [0.25, 0.3) is 0 Å². The van der Waals surface area contributed by atoms with E-state index >= 15 is 0 Å². The summed E-state index contributed by atoms with van der Waals surface area (Å²) in [6.07, 6.45) is 0. The Morgan fingerprint density at radius 3 is 2.23 bits per heavy atom. The highest BCUT2D eigenvalue weighted by molar-refractivity contribution is 7.89. The molecule has 13 heavy (non-hydrogen) atoms. The minimum atomic E-state index is -3.47. The van der Waals surface area contributed by atoms with Gasteiger partial charge < -0.3 is 5.11 Å². The first kappa shape index (κ1) is 12.4. The van der Waals surface area contributed by atoms with E-state index in [0.29, 0.717) is 0 Å². The molecule has 0 fully saturated rings. The van der Waals surface area contributed by atoms with Crippen molar-refractivity contribution < 1.29 is 18.3 Å². The maximum Gasteiger partial charge on any atom is 0.310 e. The van der Waals surface area contributed by atoms with Gasteiger partial charge in [0, 0.05) is 6.54 Å². The van der Waals surface area contributed by atoms with Gasteiger partial charge in [-0.2, -0.15) is 0 Å². The molecule has 0 aliphatic carbocycles. The molecular weight excluding hydrogens is 194 g/mol. The van der Waals surface area contributed by atoms with E-state index in [0.717, 1.165) is 0 Å². The lowest BCUT2D eigenvalue weighted by atomic mass is 9.97. The van der Waals surface area contributed by atoms with Gasteiger partial charge in [0.05, 0.1) is 11.2 Å². The minimum absolute atomic E-state index is 0.276. The summed E-state index contributed by atoms with van der Waals surface area (Å²) in [5, 5.41) is 8.68. The summed E-state index contributed by atoms with van der Waals surface area (Å²) >= 11 is 0. The summed E-state index contributed by atoms with van der Waals surface area (Å²) in [6, 6.07) is 0. The second kappa shape index (κ2) is 4.06. The topological polar surface area (TPSA) is 83.5 Å². The zero-order valence-corrected chi connectivity index (χ0v) is 8.81. The van der Waals surface area contributed by atoms with Crippen molar-refractivity contribution >= 4 is 16.0 Å². The Morgan fingerprint density at radius 2 is 1.92 bits per heavy atom. The first-order chi connectivity index (χ1) is 5.71. The Balaban J connectivity index is 4.53. The van der Waals surface area contributed by atoms with Crippen molar-refractivity contribution in [2.45, 2.75) is 20.8 Å². The van der Waals surface area contributed by atoms with Gasteiger partial charge >= 0.3 is 5.97 Å². The lowest BCUT2D eigenvalue weighted by Crippen LogP contribution is -2.38. The Morgan fingerprint density at radius 1 is 1.46 bits per heavy atom. The lowest BCUT2D eigenvalue weighted by molar-refractivity contribution is -0.145. The predicted octanol–water partition coefficient (Wildman–Crippen LogP) is 0.0365. The van der Waals surface area contributed by atoms with Crippen LogP contribution in [-0.2, 0) is 14.8 Å². The van der Waals surface area contributed by atoms with E-state index in [-0.39, 0.29) is 6.54 Å². The maximum absolute atomic E-state index is 11.2. The summed E-state index contributed by atoms with van der Waals surface area (Å²) in [4.78, 5) is 10.6. The standard InChI is InChI=1S/C7H15NO4S/c1-4-8-13(11,12)5-7(2,3)6(9)10/h8H,4-5H2,1-3H3,(H,9,10). The van der Waals surface area contributed by atoms with Gasteiger partial charge in [0.15, 0.2) is 0 Å². The van der Waals surface area contributed by atoms with Crippen LogP contribution in [0.25, 0.3) is 0 Å². The van der Waals surface area contributed by atoms with Crippen LogP contribution in [0.3, 0.4) is 0 Å². The average molecular weight is 209 g/mol. The average Bonchev–Trinajstić information content (AvgIpc) is 1.83. The fraction of sp³-hybridized carbons (Fsp3) is 0.857. The quantitative estimate of drug-likeness (QED) is 0.669. The number of nitrogens with one attached hydrogen (secondary N) is 1. The van der Waals surface area contributed by atoms with Gasteiger partial charge in [-0.05, 0) is 13.8 Å². The summed E-state index contributed by atoms with van der Waals surface area (Å²) in [5.41, 5.74) is -1.25. The van der Waals surface area contributed by atoms with Crippen molar-refractivity contribution in [2.75, 3.05) is 12.3 Å². The van der Waals surface area contributed by atoms with Crippen LogP contribution in [0.15, 0.2) is 0 Å². The predicted molar refractivity (Wildman–Crippen MR) is 48.9 cm³/mol. The SMILES string of the molecule is CCNS(=O)(=O)CC(C)(C)C(=O)O. The normalized spacial score (nSPS) is 12.8. The van der Waals surface area contributed by atoms with Crippen LogP contribution in [0.2, 0.25) is 0 Å². The highest BCUT2D eigenvalue weighted by atomic mass is 32.2. The number of hydrogen-bond acceptors (Lipinski definition) is 3. The number of carboxylic acid groups (broad SMARTS) is 1. The third kappa shape index (κ3) is 4.23. The monoisotopic (exact) mass is 209 g/mol. The smallest absolute Gasteiger partial charge is 0.310 e. The molecule has 0 heterocycles. The third-order valence-electron chi connectivity index (χ3n) is 1.49. The summed E-state index contributed by atoms with van der Waals surface area (Å²) in [7, 11) is -3.47. The van der Waals surface area contributed by atoms with Crippen LogP contribution < -0.4 is 4.72 Å². The van der Waals surface area contributed by atoms with Crippen LogP contribution in [0.1, 0.15) is 20.8 Å². The van der Waals surface area contributed by atoms with E-state index in [1.807, 2.05) is 0 Å². The highest BCUT2D eigenvalue weighted by Gasteiger charge is 2.32. The molecule has 0 rings (SSSR count). The lowest BCUT2D eigenvalue weighted by Gasteiger charge is -2.18. The minimum Gasteiger partial charge on any atom is -0.481 e. The van der Waals surface area contributed by atoms with E-state index in [1.54, 1.807) is 6.92 Å². The van der Waals surface area contributed by atoms with E-state index in [4.69, 9.17) is 5.11 Å². The Labute approximate surface area is 78.2 Å². The molecule has 0 aliphatic rings. The molecule has 0 atom stereocenters. The molecule has 0 aromatic rings. The molecule has 0 aliphatic heterocycles. The number of sulfonamides is 1. The Bertz CT molecular complexity index is 281. The van der Waals surface area contributed by atoms with Crippen LogP contribution in [-0.4, -0.2) is 31.8 Å². The molecule has 6 heteroatoms. The largest absolute Gasteiger partial charge is 0.481 e. The molecule has 0 spiro atoms. The first-order valence-electron chi connectivity index (χ1n) is 3.92. The third-order valence-corrected chi connectivity index (χ3v) is 3.32. The molecule has 78 valence electrons. The highest BCUT2D eigenvalue weighted by Crippen LogP contribution is 2.17. The molecule has 0 saturated carbocycles.